The fraction of sp³-hybridized carbons (Fsp3) is 0.575. The highest BCUT2D eigenvalue weighted by Gasteiger charge is 2.64. The molecule has 4 fully saturated rings. The molecule has 2 aliphatic carbocycles. The Hall–Kier alpha value is -3.86. The zero-order chi connectivity index (χ0) is 35.9. The Bertz CT molecular complexity index is 2040. The second-order valence-electron chi connectivity index (χ2n) is 16.1. The van der Waals surface area contributed by atoms with Crippen LogP contribution in [0.25, 0.3) is 22.2 Å². The molecule has 4 heterocycles. The van der Waals surface area contributed by atoms with Gasteiger partial charge in [0.2, 0.25) is 21.8 Å². The molecule has 3 aliphatic heterocycles. The van der Waals surface area contributed by atoms with Crippen molar-refractivity contribution >= 4 is 38.6 Å². The smallest absolute Gasteiger partial charge is 0.264 e. The fourth-order valence-electron chi connectivity index (χ4n) is 10.1. The summed E-state index contributed by atoms with van der Waals surface area (Å²) in [6.07, 6.45) is 9.99. The fourth-order valence-corrected chi connectivity index (χ4v) is 10.7. The van der Waals surface area contributed by atoms with E-state index in [2.05, 4.69) is 26.3 Å². The molecule has 2 saturated heterocycles. The number of nitrogens with zero attached hydrogens (tertiary/aromatic N) is 3. The number of ether oxygens (including phenoxy) is 1. The number of fused-ring (bicyclic) bond motifs is 7. The van der Waals surface area contributed by atoms with Gasteiger partial charge in [-0.3, -0.25) is 14.4 Å². The minimum absolute atomic E-state index is 0.0167. The van der Waals surface area contributed by atoms with Crippen LogP contribution in [0.15, 0.2) is 36.4 Å². The molecule has 1 N–H and O–H groups in total. The number of hydrogen-bond acceptors (Lipinski definition) is 6. The highest BCUT2D eigenvalue weighted by Crippen LogP contribution is 2.66. The van der Waals surface area contributed by atoms with E-state index < -0.39 is 26.6 Å². The van der Waals surface area contributed by atoms with Gasteiger partial charge in [-0.2, -0.15) is 0 Å². The van der Waals surface area contributed by atoms with Crippen molar-refractivity contribution in [1.29, 1.82) is 0 Å². The molecule has 272 valence electrons. The maximum absolute atomic E-state index is 15.0. The topological polar surface area (TPSA) is 118 Å². The minimum Gasteiger partial charge on any atom is -0.497 e. The number of rotatable bonds is 6. The Kier molecular flexibility index (Phi) is 8.31. The molecular weight excluding hydrogens is 665 g/mol. The van der Waals surface area contributed by atoms with Crippen molar-refractivity contribution in [2.24, 2.45) is 5.41 Å². The van der Waals surface area contributed by atoms with Crippen LogP contribution in [-0.2, 0) is 26.2 Å². The molecule has 3 amide bonds. The van der Waals surface area contributed by atoms with Crippen LogP contribution in [0, 0.1) is 5.41 Å². The predicted octanol–water partition coefficient (Wildman–Crippen LogP) is 6.32. The number of nitrogens with one attached hydrogen (secondary N) is 1. The number of sulfonamides is 1. The summed E-state index contributed by atoms with van der Waals surface area (Å²) in [5, 5.41) is 0.316. The lowest BCUT2D eigenvalue weighted by Gasteiger charge is -2.45. The molecule has 51 heavy (non-hydrogen) atoms. The van der Waals surface area contributed by atoms with Gasteiger partial charge in [0.1, 0.15) is 5.75 Å². The first-order valence-electron chi connectivity index (χ1n) is 18.9. The summed E-state index contributed by atoms with van der Waals surface area (Å²) in [6, 6.07) is 11.8. The van der Waals surface area contributed by atoms with Crippen LogP contribution in [0.4, 0.5) is 0 Å². The zero-order valence-electron chi connectivity index (χ0n) is 30.3. The quantitative estimate of drug-likeness (QED) is 0.319. The van der Waals surface area contributed by atoms with Crippen LogP contribution in [0.1, 0.15) is 118 Å². The highest BCUT2D eigenvalue weighted by molar-refractivity contribution is 7.90. The van der Waals surface area contributed by atoms with E-state index in [0.29, 0.717) is 25.6 Å². The van der Waals surface area contributed by atoms with E-state index in [1.165, 1.54) is 12.0 Å². The number of methoxy groups -OCH3 is 1. The van der Waals surface area contributed by atoms with Crippen molar-refractivity contribution in [3.05, 3.63) is 53.1 Å². The molecule has 0 bridgehead atoms. The normalized spacial score (nSPS) is 24.2. The van der Waals surface area contributed by atoms with Crippen LogP contribution in [0.2, 0.25) is 0 Å². The second kappa shape index (κ2) is 12.4. The van der Waals surface area contributed by atoms with Crippen LogP contribution in [-0.4, -0.2) is 78.0 Å². The zero-order valence-corrected chi connectivity index (χ0v) is 31.1. The molecule has 2 saturated carbocycles. The number of carbonyl (C=O) groups excluding carboxylic acids is 3. The Balaban J connectivity index is 1.24. The van der Waals surface area contributed by atoms with E-state index in [1.807, 2.05) is 23.1 Å². The summed E-state index contributed by atoms with van der Waals surface area (Å²) in [6.45, 7) is 7.28. The van der Waals surface area contributed by atoms with E-state index in [4.69, 9.17) is 4.74 Å². The van der Waals surface area contributed by atoms with Gasteiger partial charge in [0, 0.05) is 66.6 Å². The lowest BCUT2D eigenvalue weighted by molar-refractivity contribution is -0.142. The van der Waals surface area contributed by atoms with E-state index in [0.717, 1.165) is 97.8 Å². The molecule has 2 aromatic carbocycles. The summed E-state index contributed by atoms with van der Waals surface area (Å²) in [4.78, 5) is 45.0. The van der Waals surface area contributed by atoms with Crippen molar-refractivity contribution in [3.63, 3.8) is 0 Å². The van der Waals surface area contributed by atoms with Gasteiger partial charge >= 0.3 is 0 Å². The van der Waals surface area contributed by atoms with Crippen LogP contribution >= 0.6 is 0 Å². The Labute approximate surface area is 300 Å². The average Bonchev–Trinajstić information content (AvgIpc) is 3.61. The Morgan fingerprint density at radius 3 is 2.37 bits per heavy atom. The summed E-state index contributed by atoms with van der Waals surface area (Å²) in [5.74, 6) is 0.753. The van der Waals surface area contributed by atoms with Gasteiger partial charge in [0.05, 0.1) is 23.5 Å². The third-order valence-electron chi connectivity index (χ3n) is 13.0. The van der Waals surface area contributed by atoms with E-state index in [9.17, 15) is 22.8 Å². The molecule has 8 rings (SSSR count). The molecule has 0 radical (unpaired) electrons. The summed E-state index contributed by atoms with van der Waals surface area (Å²) >= 11 is 0. The standard InChI is InChI=1S/C40H50N4O6S/c1-25(2)51(48,49)41-37(46)28-11-13-31-34(21-28)43-24-40(38(47)42-19-16-39(17-20-42)15-8-18-44(39)26(3)45)23-33(40)32-22-29(50-4)12-14-30(32)36(43)35(31)27-9-6-5-7-10-27/h11-14,21-22,25,27,33H,5-10,15-20,23-24H2,1-4H3,(H,41,46). The molecule has 2 unspecified atom stereocenters. The van der Waals surface area contributed by atoms with Crippen LogP contribution in [0.5, 0.6) is 5.75 Å². The van der Waals surface area contributed by atoms with Crippen molar-refractivity contribution in [3.8, 4) is 17.0 Å². The predicted molar refractivity (Wildman–Crippen MR) is 196 cm³/mol. The monoisotopic (exact) mass is 714 g/mol. The maximum Gasteiger partial charge on any atom is 0.264 e. The number of likely N-dealkylation sites (tertiary alicyclic amines) is 2. The lowest BCUT2D eigenvalue weighted by Crippen LogP contribution is -2.55. The molecule has 2 atom stereocenters. The minimum atomic E-state index is -3.82. The number of aromatic nitrogens is 1. The number of piperidine rings is 1. The molecule has 1 aromatic heterocycles. The molecule has 3 aromatic rings. The number of amides is 3. The van der Waals surface area contributed by atoms with Gasteiger partial charge in [-0.15, -0.1) is 0 Å². The molecule has 1 spiro atoms. The van der Waals surface area contributed by atoms with Gasteiger partial charge < -0.3 is 19.1 Å². The van der Waals surface area contributed by atoms with Gasteiger partial charge in [-0.25, -0.2) is 13.1 Å². The molecule has 11 heteroatoms. The first-order chi connectivity index (χ1) is 24.4. The average molecular weight is 715 g/mol. The number of hydrogen-bond donors (Lipinski definition) is 1. The van der Waals surface area contributed by atoms with Crippen LogP contribution < -0.4 is 9.46 Å². The molecular formula is C40H50N4O6S. The number of carbonyl (C=O) groups is 3. The van der Waals surface area contributed by atoms with Crippen molar-refractivity contribution in [2.45, 2.75) is 114 Å². The summed E-state index contributed by atoms with van der Waals surface area (Å²) in [5.41, 5.74) is 4.96. The second-order valence-corrected chi connectivity index (χ2v) is 18.3. The van der Waals surface area contributed by atoms with E-state index in [-0.39, 0.29) is 28.8 Å². The third-order valence-corrected chi connectivity index (χ3v) is 14.7. The molecule has 10 nitrogen and oxygen atoms in total. The van der Waals surface area contributed by atoms with Gasteiger partial charge in [0.15, 0.2) is 0 Å². The lowest BCUT2D eigenvalue weighted by atomic mass is 9.81. The largest absolute Gasteiger partial charge is 0.497 e. The SMILES string of the molecule is COc1ccc2c(c1)C1CC1(C(=O)N1CCC3(CCCN3C(C)=O)CC1)Cn1c-2c(C2CCCCC2)c2ccc(C(=O)NS(=O)(=O)C(C)C)cc21. The van der Waals surface area contributed by atoms with Crippen molar-refractivity contribution in [1.82, 2.24) is 19.1 Å². The first-order valence-corrected chi connectivity index (χ1v) is 20.4. The number of benzene rings is 2. The van der Waals surface area contributed by atoms with Crippen LogP contribution in [0.3, 0.4) is 0 Å². The molecule has 5 aliphatic rings. The van der Waals surface area contributed by atoms with Gasteiger partial charge in [0.25, 0.3) is 5.91 Å². The van der Waals surface area contributed by atoms with E-state index >= 15 is 0 Å². The first kappa shape index (κ1) is 34.2. The third kappa shape index (κ3) is 5.47. The van der Waals surface area contributed by atoms with Gasteiger partial charge in [-0.05, 0) is 106 Å². The Morgan fingerprint density at radius 2 is 1.69 bits per heavy atom. The maximum atomic E-state index is 15.0. The highest BCUT2D eigenvalue weighted by atomic mass is 32.2. The summed E-state index contributed by atoms with van der Waals surface area (Å²) in [7, 11) is -2.15. The van der Waals surface area contributed by atoms with E-state index in [1.54, 1.807) is 33.9 Å². The summed E-state index contributed by atoms with van der Waals surface area (Å²) < 4.78 is 35.7. The van der Waals surface area contributed by atoms with Gasteiger partial charge in [-0.1, -0.05) is 25.3 Å². The Morgan fingerprint density at radius 1 is 0.941 bits per heavy atom. The van der Waals surface area contributed by atoms with Crippen molar-refractivity contribution < 1.29 is 27.5 Å². The van der Waals surface area contributed by atoms with Crippen molar-refractivity contribution in [2.75, 3.05) is 26.7 Å².